The van der Waals surface area contributed by atoms with Crippen LogP contribution in [0.2, 0.25) is 0 Å². The predicted octanol–water partition coefficient (Wildman–Crippen LogP) is 3.48. The van der Waals surface area contributed by atoms with Crippen LogP contribution in [0.4, 0.5) is 5.95 Å². The van der Waals surface area contributed by atoms with Crippen molar-refractivity contribution in [2.75, 3.05) is 11.6 Å². The Morgan fingerprint density at radius 2 is 2.11 bits per heavy atom. The van der Waals surface area contributed by atoms with Crippen LogP contribution in [0.3, 0.4) is 0 Å². The Hall–Kier alpha value is -1.42. The minimum atomic E-state index is 0.618. The molecule has 1 saturated carbocycles. The molecule has 0 saturated heterocycles. The van der Waals surface area contributed by atoms with Gasteiger partial charge in [0.2, 0.25) is 5.95 Å². The highest BCUT2D eigenvalue weighted by Gasteiger charge is 2.23. The number of hydrogen-bond donors (Lipinski definition) is 1. The van der Waals surface area contributed by atoms with Gasteiger partial charge in [0.15, 0.2) is 0 Å². The lowest BCUT2D eigenvalue weighted by molar-refractivity contribution is 0.983. The van der Waals surface area contributed by atoms with E-state index >= 15 is 0 Å². The molecule has 1 N–H and O–H groups in total. The summed E-state index contributed by atoms with van der Waals surface area (Å²) in [4.78, 5) is 5.86. The summed E-state index contributed by atoms with van der Waals surface area (Å²) >= 11 is 1.77. The maximum atomic E-state index is 4.59. The van der Waals surface area contributed by atoms with Gasteiger partial charge in [-0.15, -0.1) is 11.8 Å². The van der Waals surface area contributed by atoms with Gasteiger partial charge in [0, 0.05) is 17.1 Å². The number of imidazole rings is 1. The van der Waals surface area contributed by atoms with Crippen molar-refractivity contribution in [2.24, 2.45) is 0 Å². The van der Waals surface area contributed by atoms with E-state index in [4.69, 9.17) is 0 Å². The average molecular weight is 259 g/mol. The van der Waals surface area contributed by atoms with E-state index in [-0.39, 0.29) is 0 Å². The van der Waals surface area contributed by atoms with Gasteiger partial charge in [0.05, 0.1) is 11.4 Å². The van der Waals surface area contributed by atoms with Gasteiger partial charge in [-0.1, -0.05) is 12.1 Å². The fourth-order valence-corrected chi connectivity index (χ4v) is 2.61. The second-order valence-corrected chi connectivity index (χ2v) is 5.51. The Balaban J connectivity index is 2.03. The number of aromatic nitrogens is 2. The molecule has 18 heavy (non-hydrogen) atoms. The van der Waals surface area contributed by atoms with Crippen molar-refractivity contribution in [1.29, 1.82) is 0 Å². The van der Waals surface area contributed by atoms with Crippen molar-refractivity contribution in [3.8, 4) is 5.69 Å². The Kier molecular flexibility index (Phi) is 3.04. The molecule has 0 amide bonds. The summed E-state index contributed by atoms with van der Waals surface area (Å²) in [6, 6.07) is 9.06. The Morgan fingerprint density at radius 1 is 1.33 bits per heavy atom. The van der Waals surface area contributed by atoms with Crippen molar-refractivity contribution >= 4 is 17.7 Å². The molecule has 94 valence electrons. The van der Waals surface area contributed by atoms with Crippen molar-refractivity contribution < 1.29 is 0 Å². The molecule has 0 radical (unpaired) electrons. The van der Waals surface area contributed by atoms with Crippen LogP contribution in [-0.4, -0.2) is 21.8 Å². The Bertz CT molecular complexity index is 558. The first-order valence-corrected chi connectivity index (χ1v) is 7.46. The first kappa shape index (κ1) is 11.7. The van der Waals surface area contributed by atoms with Crippen molar-refractivity contribution in [1.82, 2.24) is 9.55 Å². The van der Waals surface area contributed by atoms with Crippen LogP contribution in [0, 0.1) is 6.92 Å². The highest BCUT2D eigenvalue weighted by atomic mass is 32.2. The molecule has 1 aromatic heterocycles. The molecule has 0 bridgehead atoms. The van der Waals surface area contributed by atoms with Crippen LogP contribution < -0.4 is 5.32 Å². The molecule has 1 heterocycles. The molecule has 4 heteroatoms. The lowest BCUT2D eigenvalue weighted by atomic mass is 10.3. The van der Waals surface area contributed by atoms with E-state index in [1.807, 2.05) is 6.92 Å². The summed E-state index contributed by atoms with van der Waals surface area (Å²) in [6.45, 7) is 2.04. The minimum absolute atomic E-state index is 0.618. The van der Waals surface area contributed by atoms with Crippen LogP contribution >= 0.6 is 11.8 Å². The normalized spacial score (nSPS) is 14.8. The molecule has 0 aliphatic heterocycles. The van der Waals surface area contributed by atoms with Gasteiger partial charge >= 0.3 is 0 Å². The monoisotopic (exact) mass is 259 g/mol. The fraction of sp³-hybridized carbons (Fsp3) is 0.357. The van der Waals surface area contributed by atoms with Gasteiger partial charge in [0.25, 0.3) is 0 Å². The fourth-order valence-electron chi connectivity index (χ4n) is 2.02. The summed E-state index contributed by atoms with van der Waals surface area (Å²) in [5.74, 6) is 0.969. The number of rotatable bonds is 4. The SMILES string of the molecule is CSc1ccccc1-n1cc(C)nc1NC1CC1. The quantitative estimate of drug-likeness (QED) is 0.853. The number of nitrogens with zero attached hydrogens (tertiary/aromatic N) is 2. The molecule has 0 spiro atoms. The first-order valence-electron chi connectivity index (χ1n) is 6.24. The molecule has 3 rings (SSSR count). The third-order valence-corrected chi connectivity index (χ3v) is 3.87. The first-order chi connectivity index (χ1) is 8.78. The van der Waals surface area contributed by atoms with Crippen molar-refractivity contribution in [2.45, 2.75) is 30.7 Å². The topological polar surface area (TPSA) is 29.9 Å². The maximum Gasteiger partial charge on any atom is 0.207 e. The molecule has 0 unspecified atom stereocenters. The van der Waals surface area contributed by atoms with Gasteiger partial charge < -0.3 is 5.32 Å². The summed E-state index contributed by atoms with van der Waals surface area (Å²) < 4.78 is 2.17. The second kappa shape index (κ2) is 4.69. The average Bonchev–Trinajstić information content (AvgIpc) is 3.12. The summed E-state index contributed by atoms with van der Waals surface area (Å²) in [5, 5.41) is 3.50. The van der Waals surface area contributed by atoms with Crippen LogP contribution in [0.5, 0.6) is 0 Å². The Morgan fingerprint density at radius 3 is 2.83 bits per heavy atom. The Labute approximate surface area is 112 Å². The van der Waals surface area contributed by atoms with Gasteiger partial charge in [-0.2, -0.15) is 0 Å². The van der Waals surface area contributed by atoms with E-state index in [1.54, 1.807) is 11.8 Å². The van der Waals surface area contributed by atoms with E-state index in [0.29, 0.717) is 6.04 Å². The molecule has 1 aromatic carbocycles. The lowest BCUT2D eigenvalue weighted by Crippen LogP contribution is -2.08. The number of nitrogens with one attached hydrogen (secondary N) is 1. The number of benzene rings is 1. The van der Waals surface area contributed by atoms with Crippen LogP contribution in [0.1, 0.15) is 18.5 Å². The van der Waals surface area contributed by atoms with E-state index < -0.39 is 0 Å². The molecular weight excluding hydrogens is 242 g/mol. The number of thioether (sulfide) groups is 1. The zero-order valence-corrected chi connectivity index (χ0v) is 11.5. The highest BCUT2D eigenvalue weighted by Crippen LogP contribution is 2.29. The third kappa shape index (κ3) is 2.25. The number of hydrogen-bond acceptors (Lipinski definition) is 3. The molecular formula is C14H17N3S. The standard InChI is InChI=1S/C14H17N3S/c1-10-9-17(14(15-10)16-11-7-8-11)12-5-3-4-6-13(12)18-2/h3-6,9,11H,7-8H2,1-2H3,(H,15,16). The van der Waals surface area contributed by atoms with Gasteiger partial charge in [-0.3, -0.25) is 4.57 Å². The van der Waals surface area contributed by atoms with Crippen molar-refractivity contribution in [3.63, 3.8) is 0 Å². The molecule has 0 atom stereocenters. The zero-order valence-electron chi connectivity index (χ0n) is 10.7. The summed E-state index contributed by atoms with van der Waals surface area (Å²) in [7, 11) is 0. The van der Waals surface area contributed by atoms with Crippen LogP contribution in [-0.2, 0) is 0 Å². The number of anilines is 1. The third-order valence-electron chi connectivity index (χ3n) is 3.08. The van der Waals surface area contributed by atoms with Gasteiger partial charge in [-0.05, 0) is 38.2 Å². The van der Waals surface area contributed by atoms with Crippen LogP contribution in [0.15, 0.2) is 35.4 Å². The minimum Gasteiger partial charge on any atom is -0.353 e. The van der Waals surface area contributed by atoms with E-state index in [9.17, 15) is 0 Å². The lowest BCUT2D eigenvalue weighted by Gasteiger charge is -2.12. The predicted molar refractivity (Wildman–Crippen MR) is 76.7 cm³/mol. The smallest absolute Gasteiger partial charge is 0.207 e. The number of para-hydroxylation sites is 1. The maximum absolute atomic E-state index is 4.59. The largest absolute Gasteiger partial charge is 0.353 e. The summed E-state index contributed by atoms with van der Waals surface area (Å²) in [6.07, 6.45) is 6.72. The summed E-state index contributed by atoms with van der Waals surface area (Å²) in [5.41, 5.74) is 2.25. The molecule has 1 fully saturated rings. The van der Waals surface area contributed by atoms with E-state index in [0.717, 1.165) is 11.6 Å². The van der Waals surface area contributed by atoms with Gasteiger partial charge in [0.1, 0.15) is 0 Å². The van der Waals surface area contributed by atoms with E-state index in [2.05, 4.69) is 51.6 Å². The van der Waals surface area contributed by atoms with Gasteiger partial charge in [-0.25, -0.2) is 4.98 Å². The zero-order chi connectivity index (χ0) is 12.5. The molecule has 3 nitrogen and oxygen atoms in total. The molecule has 2 aromatic rings. The van der Waals surface area contributed by atoms with Crippen molar-refractivity contribution in [3.05, 3.63) is 36.2 Å². The van der Waals surface area contributed by atoms with Crippen LogP contribution in [0.25, 0.3) is 5.69 Å². The molecule has 1 aliphatic rings. The number of aryl methyl sites for hydroxylation is 1. The molecule has 1 aliphatic carbocycles. The highest BCUT2D eigenvalue weighted by molar-refractivity contribution is 7.98. The second-order valence-electron chi connectivity index (χ2n) is 4.67. The van der Waals surface area contributed by atoms with E-state index in [1.165, 1.54) is 23.4 Å².